The van der Waals surface area contributed by atoms with Gasteiger partial charge in [0.25, 0.3) is 0 Å². The van der Waals surface area contributed by atoms with Crippen molar-refractivity contribution in [3.63, 3.8) is 0 Å². The molecule has 10 heteroatoms. The monoisotopic (exact) mass is 545 g/mol. The van der Waals surface area contributed by atoms with Gasteiger partial charge in [0, 0.05) is 81.8 Å². The topological polar surface area (TPSA) is 90.3 Å². The first-order valence-electron chi connectivity index (χ1n) is 13.8. The highest BCUT2D eigenvalue weighted by atomic mass is 16.5. The van der Waals surface area contributed by atoms with Gasteiger partial charge in [0.15, 0.2) is 0 Å². The maximum atomic E-state index is 6.09. The van der Waals surface area contributed by atoms with Crippen molar-refractivity contribution in [3.8, 4) is 28.3 Å². The molecule has 7 rings (SSSR count). The molecule has 10 nitrogen and oxygen atoms in total. The highest BCUT2D eigenvalue weighted by molar-refractivity contribution is 5.64. The molecular formula is C31H31N9O. The summed E-state index contributed by atoms with van der Waals surface area (Å²) in [6.07, 6.45) is 11.4. The van der Waals surface area contributed by atoms with Crippen LogP contribution in [0.2, 0.25) is 0 Å². The largest absolute Gasteiger partial charge is 0.492 e. The third kappa shape index (κ3) is 5.42. The highest BCUT2D eigenvalue weighted by Gasteiger charge is 2.15. The van der Waals surface area contributed by atoms with E-state index in [0.717, 1.165) is 71.5 Å². The molecule has 1 aliphatic heterocycles. The lowest BCUT2D eigenvalue weighted by molar-refractivity contribution is 0.177. The second-order valence-electron chi connectivity index (χ2n) is 10.3. The Morgan fingerprint density at radius 2 is 1.85 bits per heavy atom. The molecule has 0 atom stereocenters. The molecule has 6 heterocycles. The Hall–Kier alpha value is -4.96. The van der Waals surface area contributed by atoms with Crippen molar-refractivity contribution in [1.29, 1.82) is 0 Å². The van der Waals surface area contributed by atoms with Crippen LogP contribution in [0.3, 0.4) is 0 Å². The van der Waals surface area contributed by atoms with Gasteiger partial charge >= 0.3 is 0 Å². The van der Waals surface area contributed by atoms with E-state index in [4.69, 9.17) is 4.74 Å². The van der Waals surface area contributed by atoms with Crippen LogP contribution in [0, 0.1) is 0 Å². The second kappa shape index (κ2) is 10.9. The molecule has 0 fully saturated rings. The summed E-state index contributed by atoms with van der Waals surface area (Å²) in [6, 6.07) is 18.7. The number of benzene rings is 1. The third-order valence-corrected chi connectivity index (χ3v) is 7.52. The zero-order valence-corrected chi connectivity index (χ0v) is 22.9. The molecule has 0 saturated carbocycles. The second-order valence-corrected chi connectivity index (χ2v) is 10.3. The van der Waals surface area contributed by atoms with Crippen LogP contribution in [-0.2, 0) is 26.7 Å². The lowest BCUT2D eigenvalue weighted by Gasteiger charge is -2.28. The van der Waals surface area contributed by atoms with E-state index in [-0.39, 0.29) is 0 Å². The summed E-state index contributed by atoms with van der Waals surface area (Å²) in [5.74, 6) is 1.57. The Labute approximate surface area is 237 Å². The van der Waals surface area contributed by atoms with Crippen LogP contribution in [-0.4, -0.2) is 58.3 Å². The number of ether oxygens (including phenoxy) is 1. The van der Waals surface area contributed by atoms with Crippen LogP contribution < -0.4 is 10.1 Å². The SMILES string of the molecule is Cn1cc(-c2ccc(CNc3cc(-c4cnc5cc(OCCN6CCn7cccc7C6)ccn45)ncn3)cc2)cn1. The number of anilines is 1. The van der Waals surface area contributed by atoms with Crippen molar-refractivity contribution in [2.75, 3.05) is 25.0 Å². The first kappa shape index (κ1) is 25.0. The minimum Gasteiger partial charge on any atom is -0.492 e. The molecule has 1 N–H and O–H groups in total. The van der Waals surface area contributed by atoms with Gasteiger partial charge in [-0.25, -0.2) is 15.0 Å². The van der Waals surface area contributed by atoms with Gasteiger partial charge < -0.3 is 14.6 Å². The average Bonchev–Trinajstić information content (AvgIpc) is 3.76. The molecule has 0 aliphatic carbocycles. The van der Waals surface area contributed by atoms with E-state index >= 15 is 0 Å². The van der Waals surface area contributed by atoms with Crippen molar-refractivity contribution in [2.45, 2.75) is 19.6 Å². The molecule has 206 valence electrons. The fourth-order valence-electron chi connectivity index (χ4n) is 5.27. The Balaban J connectivity index is 0.973. The number of fused-ring (bicyclic) bond motifs is 2. The maximum absolute atomic E-state index is 6.09. The molecule has 0 unspecified atom stereocenters. The lowest BCUT2D eigenvalue weighted by atomic mass is 10.1. The third-order valence-electron chi connectivity index (χ3n) is 7.52. The zero-order chi connectivity index (χ0) is 27.6. The van der Waals surface area contributed by atoms with Gasteiger partial charge in [-0.2, -0.15) is 5.10 Å². The number of aryl methyl sites for hydroxylation is 1. The zero-order valence-electron chi connectivity index (χ0n) is 22.9. The Kier molecular flexibility index (Phi) is 6.65. The molecule has 0 bridgehead atoms. The van der Waals surface area contributed by atoms with E-state index in [2.05, 4.69) is 77.4 Å². The summed E-state index contributed by atoms with van der Waals surface area (Å²) >= 11 is 0. The van der Waals surface area contributed by atoms with Gasteiger partial charge in [-0.15, -0.1) is 0 Å². The van der Waals surface area contributed by atoms with E-state index in [0.29, 0.717) is 13.2 Å². The van der Waals surface area contributed by atoms with Crippen LogP contribution >= 0.6 is 0 Å². The smallest absolute Gasteiger partial charge is 0.140 e. The van der Waals surface area contributed by atoms with E-state index in [9.17, 15) is 0 Å². The molecule has 0 amide bonds. The minimum absolute atomic E-state index is 0.636. The fourth-order valence-corrected chi connectivity index (χ4v) is 5.27. The van der Waals surface area contributed by atoms with Gasteiger partial charge in [-0.05, 0) is 29.3 Å². The number of nitrogens with zero attached hydrogens (tertiary/aromatic N) is 8. The van der Waals surface area contributed by atoms with Gasteiger partial charge in [0.2, 0.25) is 0 Å². The van der Waals surface area contributed by atoms with Gasteiger partial charge in [-0.3, -0.25) is 14.0 Å². The number of imidazole rings is 1. The summed E-state index contributed by atoms with van der Waals surface area (Å²) in [5, 5.41) is 7.67. The van der Waals surface area contributed by atoms with Gasteiger partial charge in [0.1, 0.15) is 30.1 Å². The number of rotatable bonds is 9. The molecule has 1 aromatic carbocycles. The van der Waals surface area contributed by atoms with Crippen molar-refractivity contribution in [3.05, 3.63) is 103 Å². The molecular weight excluding hydrogens is 514 g/mol. The number of nitrogens with one attached hydrogen (secondary N) is 1. The van der Waals surface area contributed by atoms with Crippen molar-refractivity contribution >= 4 is 11.5 Å². The molecule has 5 aromatic heterocycles. The van der Waals surface area contributed by atoms with Crippen molar-refractivity contribution in [1.82, 2.24) is 38.6 Å². The average molecular weight is 546 g/mol. The van der Waals surface area contributed by atoms with Gasteiger partial charge in [-0.1, -0.05) is 24.3 Å². The quantitative estimate of drug-likeness (QED) is 0.286. The first-order chi connectivity index (χ1) is 20.2. The molecule has 0 spiro atoms. The fraction of sp³-hybridized carbons (Fsp3) is 0.226. The maximum Gasteiger partial charge on any atom is 0.140 e. The van der Waals surface area contributed by atoms with E-state index in [1.54, 1.807) is 6.33 Å². The number of pyridine rings is 1. The van der Waals surface area contributed by atoms with Crippen LogP contribution in [0.5, 0.6) is 5.75 Å². The number of aromatic nitrogens is 7. The molecule has 0 radical (unpaired) electrons. The van der Waals surface area contributed by atoms with Crippen molar-refractivity contribution < 1.29 is 4.74 Å². The Morgan fingerprint density at radius 3 is 2.73 bits per heavy atom. The summed E-state index contributed by atoms with van der Waals surface area (Å²) in [6.45, 7) is 5.22. The highest BCUT2D eigenvalue weighted by Crippen LogP contribution is 2.24. The predicted octanol–water partition coefficient (Wildman–Crippen LogP) is 4.50. The lowest BCUT2D eigenvalue weighted by Crippen LogP contribution is -2.35. The van der Waals surface area contributed by atoms with Crippen LogP contribution in [0.15, 0.2) is 91.9 Å². The van der Waals surface area contributed by atoms with E-state index in [1.165, 1.54) is 5.69 Å². The van der Waals surface area contributed by atoms with Crippen molar-refractivity contribution in [2.24, 2.45) is 7.05 Å². The van der Waals surface area contributed by atoms with Crippen LogP contribution in [0.25, 0.3) is 28.2 Å². The van der Waals surface area contributed by atoms with Crippen LogP contribution in [0.1, 0.15) is 11.3 Å². The molecule has 0 saturated heterocycles. The standard InChI is InChI=1S/C31H31N9O/c1-37-20-25(18-36-37)24-6-4-23(5-7-24)17-32-30-16-28(34-22-35-30)29-19-33-31-15-27(8-10-40(29)31)41-14-13-38-11-12-39-9-2-3-26(39)21-38/h2-10,15-16,18-20,22H,11-14,17,21H2,1H3,(H,32,34,35). The summed E-state index contributed by atoms with van der Waals surface area (Å²) in [7, 11) is 1.92. The van der Waals surface area contributed by atoms with Gasteiger partial charge in [0.05, 0.1) is 23.8 Å². The normalized spacial score (nSPS) is 13.4. The van der Waals surface area contributed by atoms with Crippen LogP contribution in [0.4, 0.5) is 5.82 Å². The Morgan fingerprint density at radius 1 is 0.927 bits per heavy atom. The summed E-state index contributed by atoms with van der Waals surface area (Å²) in [4.78, 5) is 16.0. The summed E-state index contributed by atoms with van der Waals surface area (Å²) in [5.41, 5.74) is 7.28. The number of hydrogen-bond donors (Lipinski definition) is 1. The number of hydrogen-bond acceptors (Lipinski definition) is 7. The molecule has 6 aromatic rings. The minimum atomic E-state index is 0.636. The Bertz CT molecular complexity index is 1780. The molecule has 41 heavy (non-hydrogen) atoms. The molecule has 1 aliphatic rings. The first-order valence-corrected chi connectivity index (χ1v) is 13.8. The summed E-state index contributed by atoms with van der Waals surface area (Å²) < 4.78 is 12.2. The predicted molar refractivity (Wildman–Crippen MR) is 157 cm³/mol. The van der Waals surface area contributed by atoms with E-state index in [1.807, 2.05) is 59.1 Å². The van der Waals surface area contributed by atoms with E-state index < -0.39 is 0 Å².